The number of nitrogens with one attached hydrogen (secondary N) is 3. The molecule has 1 rings (SSSR count). The molecule has 0 spiro atoms. The van der Waals surface area contributed by atoms with Crippen LogP contribution in [-0.2, 0) is 14.8 Å². The molecule has 0 aromatic carbocycles. The first-order chi connectivity index (χ1) is 10.4. The topological polar surface area (TPSA) is 91.8 Å². The van der Waals surface area contributed by atoms with Gasteiger partial charge < -0.3 is 15.4 Å². The van der Waals surface area contributed by atoms with Gasteiger partial charge in [-0.1, -0.05) is 12.8 Å². The standard InChI is InChI=1S/C14H30N4O3S.HI/c1-15-13(16-9-10-18-22(3,19)20)17-12-14(8-11-21-2)6-4-5-7-14;/h18H,4-12H2,1-3H3,(H2,15,16,17);1H. The molecule has 1 aliphatic carbocycles. The number of hydrogen-bond acceptors (Lipinski definition) is 4. The maximum atomic E-state index is 11.0. The number of aliphatic imine (C=N–C) groups is 1. The Bertz CT molecular complexity index is 451. The van der Waals surface area contributed by atoms with E-state index < -0.39 is 10.0 Å². The summed E-state index contributed by atoms with van der Waals surface area (Å²) in [4.78, 5) is 4.18. The highest BCUT2D eigenvalue weighted by molar-refractivity contribution is 14.0. The number of rotatable bonds is 9. The van der Waals surface area contributed by atoms with E-state index in [-0.39, 0.29) is 24.0 Å². The molecule has 0 saturated heterocycles. The summed E-state index contributed by atoms with van der Waals surface area (Å²) in [5, 5.41) is 6.48. The van der Waals surface area contributed by atoms with Crippen molar-refractivity contribution in [2.45, 2.75) is 32.1 Å². The van der Waals surface area contributed by atoms with Gasteiger partial charge in [-0.15, -0.1) is 24.0 Å². The van der Waals surface area contributed by atoms with Crippen LogP contribution in [0.15, 0.2) is 4.99 Å². The number of methoxy groups -OCH3 is 1. The number of guanidine groups is 1. The fraction of sp³-hybridized carbons (Fsp3) is 0.929. The van der Waals surface area contributed by atoms with Gasteiger partial charge in [-0.25, -0.2) is 13.1 Å². The maximum Gasteiger partial charge on any atom is 0.208 e. The SMILES string of the molecule is CN=C(NCCNS(C)(=O)=O)NCC1(CCOC)CCCC1.I. The summed E-state index contributed by atoms with van der Waals surface area (Å²) < 4.78 is 29.7. The molecule has 0 heterocycles. The van der Waals surface area contributed by atoms with E-state index in [1.54, 1.807) is 14.2 Å². The summed E-state index contributed by atoms with van der Waals surface area (Å²) in [7, 11) is 0.321. The van der Waals surface area contributed by atoms with Crippen LogP contribution in [0.3, 0.4) is 0 Å². The first kappa shape index (κ1) is 22.9. The molecule has 138 valence electrons. The first-order valence-corrected chi connectivity index (χ1v) is 9.68. The van der Waals surface area contributed by atoms with Gasteiger partial charge in [0.25, 0.3) is 0 Å². The molecular weight excluding hydrogens is 431 g/mol. The summed E-state index contributed by atoms with van der Waals surface area (Å²) in [6, 6.07) is 0. The molecule has 1 saturated carbocycles. The molecule has 0 aromatic rings. The smallest absolute Gasteiger partial charge is 0.208 e. The second-order valence-corrected chi connectivity index (χ2v) is 7.80. The zero-order valence-electron chi connectivity index (χ0n) is 14.4. The maximum absolute atomic E-state index is 11.0. The number of hydrogen-bond donors (Lipinski definition) is 3. The van der Waals surface area contributed by atoms with E-state index in [1.807, 2.05) is 0 Å². The summed E-state index contributed by atoms with van der Waals surface area (Å²) in [6.07, 6.45) is 7.19. The number of halogens is 1. The monoisotopic (exact) mass is 462 g/mol. The van der Waals surface area contributed by atoms with Crippen LogP contribution in [0.1, 0.15) is 32.1 Å². The average Bonchev–Trinajstić information content (AvgIpc) is 2.92. The van der Waals surface area contributed by atoms with Gasteiger partial charge in [0.05, 0.1) is 6.26 Å². The Balaban J connectivity index is 0.00000484. The molecule has 1 aliphatic rings. The largest absolute Gasteiger partial charge is 0.385 e. The molecule has 7 nitrogen and oxygen atoms in total. The predicted octanol–water partition coefficient (Wildman–Crippen LogP) is 0.916. The van der Waals surface area contributed by atoms with Gasteiger partial charge in [0.1, 0.15) is 0 Å². The van der Waals surface area contributed by atoms with E-state index in [2.05, 4.69) is 20.3 Å². The van der Waals surface area contributed by atoms with Crippen molar-refractivity contribution in [2.75, 3.05) is 46.7 Å². The summed E-state index contributed by atoms with van der Waals surface area (Å²) in [5.41, 5.74) is 0.290. The lowest BCUT2D eigenvalue weighted by molar-refractivity contribution is 0.138. The zero-order valence-corrected chi connectivity index (χ0v) is 17.5. The Kier molecular flexibility index (Phi) is 11.4. The number of sulfonamides is 1. The van der Waals surface area contributed by atoms with Crippen molar-refractivity contribution < 1.29 is 13.2 Å². The second-order valence-electron chi connectivity index (χ2n) is 5.97. The molecule has 9 heteroatoms. The molecule has 1 fully saturated rings. The van der Waals surface area contributed by atoms with Gasteiger partial charge in [0.15, 0.2) is 5.96 Å². The Hall–Kier alpha value is -0.130. The van der Waals surface area contributed by atoms with E-state index in [0.717, 1.165) is 25.8 Å². The predicted molar refractivity (Wildman–Crippen MR) is 105 cm³/mol. The fourth-order valence-corrected chi connectivity index (χ4v) is 3.34. The molecule has 23 heavy (non-hydrogen) atoms. The van der Waals surface area contributed by atoms with E-state index in [1.165, 1.54) is 25.7 Å². The molecule has 0 aliphatic heterocycles. The van der Waals surface area contributed by atoms with Gasteiger partial charge in [-0.05, 0) is 24.7 Å². The van der Waals surface area contributed by atoms with Crippen molar-refractivity contribution in [3.63, 3.8) is 0 Å². The number of nitrogens with zero attached hydrogens (tertiary/aromatic N) is 1. The van der Waals surface area contributed by atoms with E-state index in [9.17, 15) is 8.42 Å². The molecule has 3 N–H and O–H groups in total. The van der Waals surface area contributed by atoms with E-state index >= 15 is 0 Å². The van der Waals surface area contributed by atoms with E-state index in [4.69, 9.17) is 4.74 Å². The molecular formula is C14H31IN4O3S. The highest BCUT2D eigenvalue weighted by atomic mass is 127. The molecule has 0 aromatic heterocycles. The van der Waals surface area contributed by atoms with Crippen LogP contribution in [0.5, 0.6) is 0 Å². The minimum Gasteiger partial charge on any atom is -0.385 e. The highest BCUT2D eigenvalue weighted by Gasteiger charge is 2.33. The Morgan fingerprint density at radius 2 is 1.87 bits per heavy atom. The van der Waals surface area contributed by atoms with Crippen LogP contribution in [0, 0.1) is 5.41 Å². The third-order valence-electron chi connectivity index (χ3n) is 4.14. The van der Waals surface area contributed by atoms with Crippen LogP contribution in [0.4, 0.5) is 0 Å². The Labute approximate surface area is 157 Å². The molecule has 0 unspecified atom stereocenters. The molecule has 0 bridgehead atoms. The van der Waals surface area contributed by atoms with Gasteiger partial charge in [0.2, 0.25) is 10.0 Å². The second kappa shape index (κ2) is 11.4. The van der Waals surface area contributed by atoms with Crippen molar-refractivity contribution in [3.8, 4) is 0 Å². The normalized spacial score (nSPS) is 17.6. The van der Waals surface area contributed by atoms with Gasteiger partial charge in [-0.2, -0.15) is 0 Å². The van der Waals surface area contributed by atoms with Crippen molar-refractivity contribution >= 4 is 40.0 Å². The van der Waals surface area contributed by atoms with Gasteiger partial charge >= 0.3 is 0 Å². The Morgan fingerprint density at radius 3 is 2.39 bits per heavy atom. The third-order valence-corrected chi connectivity index (χ3v) is 4.87. The molecule has 0 atom stereocenters. The van der Waals surface area contributed by atoms with Crippen molar-refractivity contribution in [1.82, 2.24) is 15.4 Å². The van der Waals surface area contributed by atoms with Gasteiger partial charge in [-0.3, -0.25) is 4.99 Å². The van der Waals surface area contributed by atoms with Gasteiger partial charge in [0, 0.05) is 40.4 Å². The summed E-state index contributed by atoms with van der Waals surface area (Å²) >= 11 is 0. The zero-order chi connectivity index (χ0) is 16.5. The van der Waals surface area contributed by atoms with Crippen LogP contribution in [0.25, 0.3) is 0 Å². The minimum atomic E-state index is -3.14. The lowest BCUT2D eigenvalue weighted by Crippen LogP contribution is -2.45. The van der Waals surface area contributed by atoms with Crippen LogP contribution >= 0.6 is 24.0 Å². The molecule has 0 amide bonds. The minimum absolute atomic E-state index is 0. The molecule has 0 radical (unpaired) electrons. The van der Waals surface area contributed by atoms with E-state index in [0.29, 0.717) is 24.5 Å². The quantitative estimate of drug-likeness (QED) is 0.205. The van der Waals surface area contributed by atoms with Crippen LogP contribution in [0.2, 0.25) is 0 Å². The van der Waals surface area contributed by atoms with Crippen LogP contribution in [-0.4, -0.2) is 61.0 Å². The third kappa shape index (κ3) is 9.68. The fourth-order valence-electron chi connectivity index (χ4n) is 2.87. The highest BCUT2D eigenvalue weighted by Crippen LogP contribution is 2.40. The number of ether oxygens (including phenoxy) is 1. The average molecular weight is 462 g/mol. The summed E-state index contributed by atoms with van der Waals surface area (Å²) in [5.74, 6) is 0.707. The van der Waals surface area contributed by atoms with Crippen molar-refractivity contribution in [3.05, 3.63) is 0 Å². The summed E-state index contributed by atoms with van der Waals surface area (Å²) in [6.45, 7) is 2.49. The van der Waals surface area contributed by atoms with Crippen LogP contribution < -0.4 is 15.4 Å². The Morgan fingerprint density at radius 1 is 1.22 bits per heavy atom. The van der Waals surface area contributed by atoms with Crippen molar-refractivity contribution in [1.29, 1.82) is 0 Å². The van der Waals surface area contributed by atoms with Crippen molar-refractivity contribution in [2.24, 2.45) is 10.4 Å². The lowest BCUT2D eigenvalue weighted by Gasteiger charge is -2.29. The first-order valence-electron chi connectivity index (χ1n) is 7.79. The lowest BCUT2D eigenvalue weighted by atomic mass is 9.83.